The Hall–Kier alpha value is -1.21. The molecule has 1 heterocycles. The number of aromatic nitrogens is 3. The number of hydrogen-bond acceptors (Lipinski definition) is 4. The fraction of sp³-hybridized carbons (Fsp3) is 0.500. The number of amides is 1. The van der Waals surface area contributed by atoms with Gasteiger partial charge in [-0.2, -0.15) is 5.10 Å². The summed E-state index contributed by atoms with van der Waals surface area (Å²) in [6.45, 7) is 0.131. The molecule has 0 fully saturated rings. The van der Waals surface area contributed by atoms with E-state index in [9.17, 15) is 4.79 Å². The van der Waals surface area contributed by atoms with Gasteiger partial charge < -0.3 is 15.4 Å². The molecule has 13 heavy (non-hydrogen) atoms. The first kappa shape index (κ1) is 9.87. The summed E-state index contributed by atoms with van der Waals surface area (Å²) in [5.41, 5.74) is 4.97. The number of nitrogens with zero attached hydrogens (tertiary/aromatic N) is 2. The SMILES string of the molecule is NC(=O)CCn1c(CO)n[nH]c1=S. The molecule has 0 aromatic carbocycles. The van der Waals surface area contributed by atoms with Crippen LogP contribution in [0.3, 0.4) is 0 Å². The smallest absolute Gasteiger partial charge is 0.219 e. The van der Waals surface area contributed by atoms with E-state index in [0.29, 0.717) is 17.1 Å². The molecule has 0 bridgehead atoms. The lowest BCUT2D eigenvalue weighted by atomic mass is 10.4. The zero-order valence-electron chi connectivity index (χ0n) is 6.86. The van der Waals surface area contributed by atoms with Crippen molar-refractivity contribution in [2.45, 2.75) is 19.6 Å². The molecule has 0 unspecified atom stereocenters. The monoisotopic (exact) mass is 202 g/mol. The van der Waals surface area contributed by atoms with E-state index in [2.05, 4.69) is 10.2 Å². The van der Waals surface area contributed by atoms with Crippen LogP contribution < -0.4 is 5.73 Å². The first-order valence-corrected chi connectivity index (χ1v) is 4.09. The van der Waals surface area contributed by atoms with E-state index in [4.69, 9.17) is 23.1 Å². The van der Waals surface area contributed by atoms with Crippen molar-refractivity contribution in [3.63, 3.8) is 0 Å². The largest absolute Gasteiger partial charge is 0.388 e. The van der Waals surface area contributed by atoms with Crippen molar-refractivity contribution >= 4 is 18.1 Å². The van der Waals surface area contributed by atoms with Crippen molar-refractivity contribution in [2.75, 3.05) is 0 Å². The molecule has 0 aliphatic heterocycles. The zero-order valence-corrected chi connectivity index (χ0v) is 7.67. The molecule has 1 aromatic heterocycles. The van der Waals surface area contributed by atoms with Gasteiger partial charge in [0.05, 0.1) is 0 Å². The summed E-state index contributed by atoms with van der Waals surface area (Å²) >= 11 is 4.87. The Morgan fingerprint density at radius 1 is 1.77 bits per heavy atom. The van der Waals surface area contributed by atoms with Crippen LogP contribution in [0.5, 0.6) is 0 Å². The Balaban J connectivity index is 2.79. The predicted molar refractivity (Wildman–Crippen MR) is 47.1 cm³/mol. The molecular weight excluding hydrogens is 192 g/mol. The van der Waals surface area contributed by atoms with E-state index in [1.807, 2.05) is 0 Å². The lowest BCUT2D eigenvalue weighted by Gasteiger charge is -2.01. The summed E-state index contributed by atoms with van der Waals surface area (Å²) in [5.74, 6) is -0.00163. The molecule has 0 aliphatic rings. The molecule has 0 spiro atoms. The summed E-state index contributed by atoms with van der Waals surface area (Å²) in [5, 5.41) is 15.1. The number of carbonyl (C=O) groups is 1. The van der Waals surface area contributed by atoms with Crippen LogP contribution in [0.25, 0.3) is 0 Å². The quantitative estimate of drug-likeness (QED) is 0.563. The molecule has 4 N–H and O–H groups in total. The summed E-state index contributed by atoms with van der Waals surface area (Å²) in [7, 11) is 0. The highest BCUT2D eigenvalue weighted by Gasteiger charge is 2.05. The fourth-order valence-electron chi connectivity index (χ4n) is 0.924. The first-order valence-electron chi connectivity index (χ1n) is 3.68. The number of rotatable bonds is 4. The molecule has 0 atom stereocenters. The van der Waals surface area contributed by atoms with Crippen LogP contribution >= 0.6 is 12.2 Å². The van der Waals surface area contributed by atoms with E-state index in [0.717, 1.165) is 0 Å². The van der Waals surface area contributed by atoms with Crippen LogP contribution in [-0.4, -0.2) is 25.8 Å². The van der Waals surface area contributed by atoms with Crippen molar-refractivity contribution in [2.24, 2.45) is 5.73 Å². The molecule has 0 saturated heterocycles. The maximum absolute atomic E-state index is 10.5. The lowest BCUT2D eigenvalue weighted by Crippen LogP contribution is -2.15. The van der Waals surface area contributed by atoms with E-state index in [1.165, 1.54) is 0 Å². The number of nitrogens with two attached hydrogens (primary N) is 1. The minimum Gasteiger partial charge on any atom is -0.388 e. The molecule has 1 amide bonds. The average Bonchev–Trinajstić information content (AvgIpc) is 2.43. The van der Waals surface area contributed by atoms with Crippen molar-refractivity contribution in [1.29, 1.82) is 0 Å². The molecule has 1 aromatic rings. The van der Waals surface area contributed by atoms with Crippen LogP contribution in [-0.2, 0) is 17.9 Å². The maximum Gasteiger partial charge on any atom is 0.219 e. The van der Waals surface area contributed by atoms with Crippen LogP contribution in [0.15, 0.2) is 0 Å². The van der Waals surface area contributed by atoms with Crippen LogP contribution in [0.4, 0.5) is 0 Å². The van der Waals surface area contributed by atoms with Crippen molar-refractivity contribution in [3.05, 3.63) is 10.6 Å². The van der Waals surface area contributed by atoms with Crippen molar-refractivity contribution in [3.8, 4) is 0 Å². The van der Waals surface area contributed by atoms with E-state index < -0.39 is 5.91 Å². The van der Waals surface area contributed by atoms with E-state index in [1.54, 1.807) is 4.57 Å². The normalized spacial score (nSPS) is 10.2. The van der Waals surface area contributed by atoms with Gasteiger partial charge in [0.25, 0.3) is 0 Å². The Kier molecular flexibility index (Phi) is 3.15. The van der Waals surface area contributed by atoms with Crippen LogP contribution in [0.2, 0.25) is 0 Å². The van der Waals surface area contributed by atoms with Crippen LogP contribution in [0, 0.1) is 4.77 Å². The van der Waals surface area contributed by atoms with Crippen molar-refractivity contribution in [1.82, 2.24) is 14.8 Å². The Morgan fingerprint density at radius 3 is 3.00 bits per heavy atom. The van der Waals surface area contributed by atoms with Gasteiger partial charge in [-0.05, 0) is 12.2 Å². The number of carbonyl (C=O) groups excluding carboxylic acids is 1. The molecule has 6 nitrogen and oxygen atoms in total. The number of aliphatic hydroxyl groups excluding tert-OH is 1. The zero-order chi connectivity index (χ0) is 9.84. The number of H-pyrrole nitrogens is 1. The summed E-state index contributed by atoms with van der Waals surface area (Å²) < 4.78 is 1.92. The van der Waals surface area contributed by atoms with Gasteiger partial charge in [-0.25, -0.2) is 0 Å². The summed E-state index contributed by atoms with van der Waals surface area (Å²) in [6.07, 6.45) is 0.181. The third-order valence-corrected chi connectivity index (χ3v) is 1.87. The molecule has 1 rings (SSSR count). The number of hydrogen-bond donors (Lipinski definition) is 3. The van der Waals surface area contributed by atoms with Gasteiger partial charge in [0, 0.05) is 13.0 Å². The van der Waals surface area contributed by atoms with E-state index >= 15 is 0 Å². The number of primary amides is 1. The Labute approximate surface area is 79.4 Å². The van der Waals surface area contributed by atoms with Gasteiger partial charge in [0.15, 0.2) is 10.6 Å². The third kappa shape index (κ3) is 2.36. The Morgan fingerprint density at radius 2 is 2.46 bits per heavy atom. The second-order valence-electron chi connectivity index (χ2n) is 2.47. The minimum atomic E-state index is -0.410. The van der Waals surface area contributed by atoms with Gasteiger partial charge in [0.2, 0.25) is 5.91 Å². The average molecular weight is 202 g/mol. The predicted octanol–water partition coefficient (Wildman–Crippen LogP) is -0.692. The number of aromatic amines is 1. The lowest BCUT2D eigenvalue weighted by molar-refractivity contribution is -0.118. The first-order chi connectivity index (χ1) is 6.15. The topological polar surface area (TPSA) is 96.9 Å². The number of nitrogens with one attached hydrogen (secondary N) is 1. The summed E-state index contributed by atoms with van der Waals surface area (Å²) in [6, 6.07) is 0. The minimum absolute atomic E-state index is 0.181. The van der Waals surface area contributed by atoms with Gasteiger partial charge in [-0.1, -0.05) is 0 Å². The van der Waals surface area contributed by atoms with Gasteiger partial charge >= 0.3 is 0 Å². The second-order valence-corrected chi connectivity index (χ2v) is 2.86. The second kappa shape index (κ2) is 4.15. The maximum atomic E-state index is 10.5. The molecule has 72 valence electrons. The standard InChI is InChI=1S/C6H10N4O2S/c7-4(12)1-2-10-5(3-11)8-9-6(10)13/h11H,1-3H2,(H2,7,12)(H,9,13). The highest BCUT2D eigenvalue weighted by Crippen LogP contribution is 1.99. The molecule has 0 radical (unpaired) electrons. The highest BCUT2D eigenvalue weighted by atomic mass is 32.1. The molecular formula is C6H10N4O2S. The van der Waals surface area contributed by atoms with E-state index in [-0.39, 0.29) is 13.0 Å². The molecule has 0 saturated carbocycles. The van der Waals surface area contributed by atoms with Gasteiger partial charge in [-0.15, -0.1) is 0 Å². The summed E-state index contributed by atoms with van der Waals surface area (Å²) in [4.78, 5) is 10.5. The third-order valence-electron chi connectivity index (χ3n) is 1.56. The Bertz CT molecular complexity index is 356. The fourth-order valence-corrected chi connectivity index (χ4v) is 1.17. The molecule has 7 heteroatoms. The van der Waals surface area contributed by atoms with Crippen molar-refractivity contribution < 1.29 is 9.90 Å². The molecule has 0 aliphatic carbocycles. The van der Waals surface area contributed by atoms with Gasteiger partial charge in [-0.3, -0.25) is 9.89 Å². The van der Waals surface area contributed by atoms with Gasteiger partial charge in [0.1, 0.15) is 6.61 Å². The highest BCUT2D eigenvalue weighted by molar-refractivity contribution is 7.71. The van der Waals surface area contributed by atoms with Crippen LogP contribution in [0.1, 0.15) is 12.2 Å². The number of aliphatic hydroxyl groups is 1.